The van der Waals surface area contributed by atoms with Crippen LogP contribution in [-0.2, 0) is 4.79 Å². The maximum atomic E-state index is 13.4. The molecule has 0 radical (unpaired) electrons. The lowest BCUT2D eigenvalue weighted by Gasteiger charge is -2.32. The van der Waals surface area contributed by atoms with E-state index in [1.165, 1.54) is 24.3 Å². The lowest BCUT2D eigenvalue weighted by atomic mass is 10.1. The second-order valence-electron chi connectivity index (χ2n) is 6.34. The number of ether oxygens (including phenoxy) is 2. The predicted octanol–water partition coefficient (Wildman–Crippen LogP) is 4.47. The van der Waals surface area contributed by atoms with E-state index in [1.54, 1.807) is 6.07 Å². The SMILES string of the molecule is O=C(Nc1ccccc1C(=O)O)C1=Cc2cc3c(cc2SC1)OC(F)(F)C(F)(F)O3. The van der Waals surface area contributed by atoms with Crippen LogP contribution in [0.2, 0.25) is 0 Å². The molecule has 0 spiro atoms. The first kappa shape index (κ1) is 20.1. The van der Waals surface area contributed by atoms with Gasteiger partial charge in [-0.25, -0.2) is 4.79 Å². The van der Waals surface area contributed by atoms with Crippen molar-refractivity contribution >= 4 is 35.4 Å². The van der Waals surface area contributed by atoms with Gasteiger partial charge >= 0.3 is 18.2 Å². The zero-order valence-electron chi connectivity index (χ0n) is 14.7. The van der Waals surface area contributed by atoms with Gasteiger partial charge in [0, 0.05) is 16.2 Å². The van der Waals surface area contributed by atoms with Crippen molar-refractivity contribution in [2.75, 3.05) is 11.1 Å². The molecule has 0 saturated carbocycles. The van der Waals surface area contributed by atoms with E-state index in [4.69, 9.17) is 0 Å². The second-order valence-corrected chi connectivity index (χ2v) is 7.35. The number of amides is 1. The molecule has 0 fully saturated rings. The molecule has 4 rings (SSSR count). The van der Waals surface area contributed by atoms with E-state index in [-0.39, 0.29) is 22.6 Å². The van der Waals surface area contributed by atoms with E-state index in [2.05, 4.69) is 14.8 Å². The van der Waals surface area contributed by atoms with Crippen molar-refractivity contribution in [1.29, 1.82) is 0 Å². The molecule has 1 amide bonds. The second kappa shape index (κ2) is 6.94. The molecular formula is C19H11F4NO5S. The molecule has 2 aliphatic rings. The Labute approximate surface area is 170 Å². The number of hydrogen-bond donors (Lipinski definition) is 2. The topological polar surface area (TPSA) is 84.9 Å². The average molecular weight is 441 g/mol. The maximum Gasteiger partial charge on any atom is 0.507 e. The molecule has 2 aliphatic heterocycles. The Morgan fingerprint density at radius 1 is 1.03 bits per heavy atom. The summed E-state index contributed by atoms with van der Waals surface area (Å²) in [4.78, 5) is 24.3. The fourth-order valence-electron chi connectivity index (χ4n) is 2.85. The third kappa shape index (κ3) is 3.45. The highest BCUT2D eigenvalue weighted by Crippen LogP contribution is 2.49. The van der Waals surface area contributed by atoms with Gasteiger partial charge in [0.05, 0.1) is 11.3 Å². The van der Waals surface area contributed by atoms with Crippen molar-refractivity contribution < 1.29 is 41.7 Å². The Kier molecular flexibility index (Phi) is 4.64. The van der Waals surface area contributed by atoms with Gasteiger partial charge in [-0.3, -0.25) is 4.79 Å². The highest BCUT2D eigenvalue weighted by atomic mass is 32.2. The Balaban J connectivity index is 1.62. The molecule has 2 aromatic carbocycles. The molecule has 0 bridgehead atoms. The number of fused-ring (bicyclic) bond motifs is 2. The Morgan fingerprint density at radius 2 is 1.67 bits per heavy atom. The summed E-state index contributed by atoms with van der Waals surface area (Å²) in [5.41, 5.74) is 0.515. The van der Waals surface area contributed by atoms with Crippen LogP contribution in [0.3, 0.4) is 0 Å². The number of benzene rings is 2. The number of alkyl halides is 4. The number of hydrogen-bond acceptors (Lipinski definition) is 5. The fourth-order valence-corrected chi connectivity index (χ4v) is 3.85. The van der Waals surface area contributed by atoms with Gasteiger partial charge < -0.3 is 19.9 Å². The molecule has 0 unspecified atom stereocenters. The van der Waals surface area contributed by atoms with Gasteiger partial charge in [-0.1, -0.05) is 12.1 Å². The Bertz CT molecular complexity index is 1100. The minimum Gasteiger partial charge on any atom is -0.478 e. The van der Waals surface area contributed by atoms with Gasteiger partial charge in [0.15, 0.2) is 11.5 Å². The number of carboxylic acids is 1. The van der Waals surface area contributed by atoms with Gasteiger partial charge in [-0.15, -0.1) is 11.8 Å². The molecule has 0 aromatic heterocycles. The minimum atomic E-state index is -4.85. The summed E-state index contributed by atoms with van der Waals surface area (Å²) in [6, 6.07) is 8.05. The number of anilines is 1. The smallest absolute Gasteiger partial charge is 0.478 e. The molecule has 2 heterocycles. The van der Waals surface area contributed by atoms with Gasteiger partial charge in [0.25, 0.3) is 5.91 Å². The zero-order valence-corrected chi connectivity index (χ0v) is 15.6. The third-order valence-corrected chi connectivity index (χ3v) is 5.42. The van der Waals surface area contributed by atoms with E-state index in [0.29, 0.717) is 10.5 Å². The van der Waals surface area contributed by atoms with Crippen LogP contribution >= 0.6 is 11.8 Å². The molecule has 2 aromatic rings. The van der Waals surface area contributed by atoms with Crippen LogP contribution in [0, 0.1) is 0 Å². The van der Waals surface area contributed by atoms with Crippen molar-refractivity contribution in [2.24, 2.45) is 0 Å². The van der Waals surface area contributed by atoms with E-state index in [1.807, 2.05) is 0 Å². The quantitative estimate of drug-likeness (QED) is 0.684. The van der Waals surface area contributed by atoms with E-state index in [9.17, 15) is 32.3 Å². The number of carbonyl (C=O) groups excluding carboxylic acids is 1. The number of carboxylic acid groups (broad SMARTS) is 1. The zero-order chi connectivity index (χ0) is 21.7. The normalized spacial score (nSPS) is 18.1. The van der Waals surface area contributed by atoms with Crippen LogP contribution < -0.4 is 14.8 Å². The van der Waals surface area contributed by atoms with Crippen LogP contribution in [0.1, 0.15) is 15.9 Å². The summed E-state index contributed by atoms with van der Waals surface area (Å²) < 4.78 is 61.8. The van der Waals surface area contributed by atoms with Crippen molar-refractivity contribution in [3.63, 3.8) is 0 Å². The molecule has 0 atom stereocenters. The monoisotopic (exact) mass is 441 g/mol. The number of halogens is 4. The molecule has 2 N–H and O–H groups in total. The van der Waals surface area contributed by atoms with Gasteiger partial charge in [0.2, 0.25) is 0 Å². The van der Waals surface area contributed by atoms with Gasteiger partial charge in [0.1, 0.15) is 0 Å². The number of rotatable bonds is 3. The third-order valence-electron chi connectivity index (χ3n) is 4.30. The van der Waals surface area contributed by atoms with E-state index in [0.717, 1.165) is 23.9 Å². The first-order valence-corrected chi connectivity index (χ1v) is 9.35. The van der Waals surface area contributed by atoms with Crippen molar-refractivity contribution in [3.8, 4) is 11.5 Å². The minimum absolute atomic E-state index is 0.0933. The standard InChI is InChI=1S/C19H11F4NO5S/c20-18(21)19(22,23)29-14-7-15-9(6-13(14)28-18)5-10(8-30-15)16(25)24-12-4-2-1-3-11(12)17(26)27/h1-7H,8H2,(H,24,25)(H,26,27). The van der Waals surface area contributed by atoms with Crippen LogP contribution in [-0.4, -0.2) is 35.0 Å². The Hall–Kier alpha value is -3.21. The first-order valence-electron chi connectivity index (χ1n) is 8.36. The number of para-hydroxylation sites is 1. The summed E-state index contributed by atoms with van der Waals surface area (Å²) >= 11 is 1.11. The number of nitrogens with one attached hydrogen (secondary N) is 1. The summed E-state index contributed by atoms with van der Waals surface area (Å²) in [6.45, 7) is 0. The van der Waals surface area contributed by atoms with Gasteiger partial charge in [-0.05, 0) is 35.9 Å². The molecule has 6 nitrogen and oxygen atoms in total. The summed E-state index contributed by atoms with van der Waals surface area (Å²) in [5.74, 6) is -2.79. The van der Waals surface area contributed by atoms with Crippen molar-refractivity contribution in [2.45, 2.75) is 17.1 Å². The highest BCUT2D eigenvalue weighted by molar-refractivity contribution is 7.99. The number of thioether (sulfide) groups is 1. The molecule has 0 saturated heterocycles. The number of carbonyl (C=O) groups is 2. The van der Waals surface area contributed by atoms with Crippen LogP contribution in [0.25, 0.3) is 6.08 Å². The molecular weight excluding hydrogens is 430 g/mol. The van der Waals surface area contributed by atoms with E-state index >= 15 is 0 Å². The van der Waals surface area contributed by atoms with Crippen LogP contribution in [0.15, 0.2) is 46.9 Å². The first-order chi connectivity index (χ1) is 14.1. The van der Waals surface area contributed by atoms with Crippen LogP contribution in [0.5, 0.6) is 11.5 Å². The van der Waals surface area contributed by atoms with E-state index < -0.39 is 35.6 Å². The fraction of sp³-hybridized carbons (Fsp3) is 0.158. The lowest BCUT2D eigenvalue weighted by molar-refractivity contribution is -0.391. The highest BCUT2D eigenvalue weighted by Gasteiger charge is 2.66. The maximum absolute atomic E-state index is 13.4. The molecule has 30 heavy (non-hydrogen) atoms. The summed E-state index contributed by atoms with van der Waals surface area (Å²) in [6.07, 6.45) is -8.27. The number of aromatic carboxylic acids is 1. The molecule has 156 valence electrons. The largest absolute Gasteiger partial charge is 0.507 e. The summed E-state index contributed by atoms with van der Waals surface area (Å²) in [5, 5.41) is 11.7. The Morgan fingerprint density at radius 3 is 2.33 bits per heavy atom. The van der Waals surface area contributed by atoms with Crippen molar-refractivity contribution in [3.05, 3.63) is 53.1 Å². The average Bonchev–Trinajstić information content (AvgIpc) is 2.67. The van der Waals surface area contributed by atoms with Crippen molar-refractivity contribution in [1.82, 2.24) is 0 Å². The molecule has 11 heteroatoms. The van der Waals surface area contributed by atoms with Gasteiger partial charge in [-0.2, -0.15) is 17.6 Å². The predicted molar refractivity (Wildman–Crippen MR) is 98.3 cm³/mol. The van der Waals surface area contributed by atoms with Crippen LogP contribution in [0.4, 0.5) is 23.2 Å². The summed E-state index contributed by atoms with van der Waals surface area (Å²) in [7, 11) is 0. The lowest BCUT2D eigenvalue weighted by Crippen LogP contribution is -2.52. The molecule has 0 aliphatic carbocycles.